The monoisotopic (exact) mass is 342 g/mol. The zero-order chi connectivity index (χ0) is 17.1. The highest BCUT2D eigenvalue weighted by Crippen LogP contribution is 2.20. The standard InChI is InChI=1S/C17H14N2O4S/c1-10(15-18-16(22)13-6-7-24-17(13)19-15)8-11-2-4-12(5-3-11)23-9-14(20)21/h2-8H,9H2,1H3,(H,20,21)(H,18,19,22). The fourth-order valence-corrected chi connectivity index (χ4v) is 2.94. The van der Waals surface area contributed by atoms with Crippen molar-refractivity contribution in [2.75, 3.05) is 6.61 Å². The molecule has 0 saturated carbocycles. The summed E-state index contributed by atoms with van der Waals surface area (Å²) >= 11 is 1.43. The van der Waals surface area contributed by atoms with Crippen LogP contribution in [0.4, 0.5) is 0 Å². The van der Waals surface area contributed by atoms with Crippen LogP contribution in [0.5, 0.6) is 5.75 Å². The van der Waals surface area contributed by atoms with Crippen molar-refractivity contribution in [3.8, 4) is 5.75 Å². The average molecular weight is 342 g/mol. The van der Waals surface area contributed by atoms with Crippen molar-refractivity contribution in [3.63, 3.8) is 0 Å². The van der Waals surface area contributed by atoms with Gasteiger partial charge in [-0.1, -0.05) is 12.1 Å². The van der Waals surface area contributed by atoms with Crippen molar-refractivity contribution < 1.29 is 14.6 Å². The van der Waals surface area contributed by atoms with Gasteiger partial charge in [-0.15, -0.1) is 11.3 Å². The molecule has 24 heavy (non-hydrogen) atoms. The molecule has 0 spiro atoms. The predicted molar refractivity (Wildman–Crippen MR) is 93.4 cm³/mol. The molecule has 1 aromatic carbocycles. The molecule has 7 heteroatoms. The molecule has 0 radical (unpaired) electrons. The molecule has 0 bridgehead atoms. The number of nitrogens with zero attached hydrogens (tertiary/aromatic N) is 1. The molecule has 0 aliphatic carbocycles. The number of carboxylic acids is 1. The van der Waals surface area contributed by atoms with Gasteiger partial charge in [0.2, 0.25) is 0 Å². The van der Waals surface area contributed by atoms with Gasteiger partial charge in [0.15, 0.2) is 6.61 Å². The number of nitrogens with one attached hydrogen (secondary N) is 1. The molecule has 0 aliphatic heterocycles. The summed E-state index contributed by atoms with van der Waals surface area (Å²) in [5.41, 5.74) is 1.56. The summed E-state index contributed by atoms with van der Waals surface area (Å²) in [4.78, 5) is 30.4. The lowest BCUT2D eigenvalue weighted by molar-refractivity contribution is -0.139. The van der Waals surface area contributed by atoms with Crippen LogP contribution in [-0.2, 0) is 4.79 Å². The van der Waals surface area contributed by atoms with E-state index in [1.807, 2.05) is 30.5 Å². The summed E-state index contributed by atoms with van der Waals surface area (Å²) in [6.45, 7) is 1.49. The fraction of sp³-hybridized carbons (Fsp3) is 0.118. The Bertz CT molecular complexity index is 970. The second-order valence-electron chi connectivity index (χ2n) is 5.13. The van der Waals surface area contributed by atoms with E-state index in [0.717, 1.165) is 11.1 Å². The molecular weight excluding hydrogens is 328 g/mol. The van der Waals surface area contributed by atoms with Crippen LogP contribution in [0.3, 0.4) is 0 Å². The molecule has 6 nitrogen and oxygen atoms in total. The van der Waals surface area contributed by atoms with Crippen molar-refractivity contribution in [1.82, 2.24) is 9.97 Å². The summed E-state index contributed by atoms with van der Waals surface area (Å²) in [7, 11) is 0. The third-order valence-corrected chi connectivity index (χ3v) is 4.14. The molecule has 3 rings (SSSR count). The van der Waals surface area contributed by atoms with Crippen molar-refractivity contribution in [2.45, 2.75) is 6.92 Å². The first-order chi connectivity index (χ1) is 11.5. The fourth-order valence-electron chi connectivity index (χ4n) is 2.18. The largest absolute Gasteiger partial charge is 0.482 e. The highest BCUT2D eigenvalue weighted by atomic mass is 32.1. The maximum atomic E-state index is 12.0. The quantitative estimate of drug-likeness (QED) is 0.743. The first kappa shape index (κ1) is 15.9. The highest BCUT2D eigenvalue weighted by molar-refractivity contribution is 7.16. The van der Waals surface area contributed by atoms with Gasteiger partial charge in [0.05, 0.1) is 5.39 Å². The Balaban J connectivity index is 1.84. The van der Waals surface area contributed by atoms with Gasteiger partial charge in [-0.05, 0) is 47.7 Å². The van der Waals surface area contributed by atoms with Crippen molar-refractivity contribution >= 4 is 39.2 Å². The normalized spacial score (nSPS) is 11.6. The summed E-state index contributed by atoms with van der Waals surface area (Å²) in [5, 5.41) is 11.0. The average Bonchev–Trinajstić information content (AvgIpc) is 3.03. The lowest BCUT2D eigenvalue weighted by Crippen LogP contribution is -2.09. The van der Waals surface area contributed by atoms with E-state index in [0.29, 0.717) is 21.8 Å². The van der Waals surface area contributed by atoms with Crippen molar-refractivity contribution in [2.24, 2.45) is 0 Å². The van der Waals surface area contributed by atoms with Crippen LogP contribution >= 0.6 is 11.3 Å². The van der Waals surface area contributed by atoms with Crippen LogP contribution < -0.4 is 10.3 Å². The number of aromatic amines is 1. The van der Waals surface area contributed by atoms with Crippen LogP contribution in [-0.4, -0.2) is 27.7 Å². The molecule has 2 heterocycles. The van der Waals surface area contributed by atoms with Gasteiger partial charge < -0.3 is 14.8 Å². The van der Waals surface area contributed by atoms with Gasteiger partial charge in [0.25, 0.3) is 5.56 Å². The molecule has 0 fully saturated rings. The molecule has 0 saturated heterocycles. The molecular formula is C17H14N2O4S. The molecule has 3 aromatic rings. The Morgan fingerprint density at radius 3 is 2.79 bits per heavy atom. The number of benzene rings is 1. The number of hydrogen-bond donors (Lipinski definition) is 2. The van der Waals surface area contributed by atoms with Gasteiger partial charge >= 0.3 is 5.97 Å². The lowest BCUT2D eigenvalue weighted by atomic mass is 10.1. The second kappa shape index (κ2) is 6.67. The molecule has 122 valence electrons. The van der Waals surface area contributed by atoms with Gasteiger partial charge in [0.1, 0.15) is 16.4 Å². The smallest absolute Gasteiger partial charge is 0.341 e. The van der Waals surface area contributed by atoms with Gasteiger partial charge in [-0.25, -0.2) is 9.78 Å². The summed E-state index contributed by atoms with van der Waals surface area (Å²) < 4.78 is 5.09. The minimum Gasteiger partial charge on any atom is -0.482 e. The third-order valence-electron chi connectivity index (χ3n) is 3.33. The first-order valence-electron chi connectivity index (χ1n) is 7.14. The van der Waals surface area contributed by atoms with E-state index in [1.165, 1.54) is 11.3 Å². The van der Waals surface area contributed by atoms with Crippen LogP contribution in [0.1, 0.15) is 18.3 Å². The predicted octanol–water partition coefficient (Wildman–Crippen LogP) is 3.01. The number of carbonyl (C=O) groups is 1. The number of allylic oxidation sites excluding steroid dienone is 1. The van der Waals surface area contributed by atoms with Gasteiger partial charge in [-0.2, -0.15) is 0 Å². The number of ether oxygens (including phenoxy) is 1. The van der Waals surface area contributed by atoms with E-state index in [9.17, 15) is 9.59 Å². The van der Waals surface area contributed by atoms with Crippen molar-refractivity contribution in [3.05, 3.63) is 57.5 Å². The van der Waals surface area contributed by atoms with E-state index in [-0.39, 0.29) is 12.2 Å². The SMILES string of the molecule is CC(=Cc1ccc(OCC(=O)O)cc1)c1nc2sccc2c(=O)[nH]1. The number of rotatable bonds is 5. The van der Waals surface area contributed by atoms with E-state index in [4.69, 9.17) is 9.84 Å². The number of aromatic nitrogens is 2. The zero-order valence-corrected chi connectivity index (χ0v) is 13.6. The summed E-state index contributed by atoms with van der Waals surface area (Å²) in [5.74, 6) is -0.00583. The van der Waals surface area contributed by atoms with Gasteiger partial charge in [0, 0.05) is 0 Å². The van der Waals surface area contributed by atoms with Crippen LogP contribution in [0.2, 0.25) is 0 Å². The van der Waals surface area contributed by atoms with E-state index in [2.05, 4.69) is 9.97 Å². The maximum absolute atomic E-state index is 12.0. The number of thiophene rings is 1. The zero-order valence-electron chi connectivity index (χ0n) is 12.8. The highest BCUT2D eigenvalue weighted by Gasteiger charge is 2.06. The van der Waals surface area contributed by atoms with E-state index < -0.39 is 5.97 Å². The minimum atomic E-state index is -1.02. The Labute approximate surface area is 141 Å². The second-order valence-corrected chi connectivity index (χ2v) is 6.03. The molecule has 0 unspecified atom stereocenters. The minimum absolute atomic E-state index is 0.151. The Morgan fingerprint density at radius 1 is 1.33 bits per heavy atom. The summed E-state index contributed by atoms with van der Waals surface area (Å²) in [6, 6.07) is 8.76. The van der Waals surface area contributed by atoms with E-state index in [1.54, 1.807) is 18.2 Å². The molecule has 0 aliphatic rings. The Kier molecular flexibility index (Phi) is 4.43. The molecule has 0 atom stereocenters. The summed E-state index contributed by atoms with van der Waals surface area (Å²) in [6.07, 6.45) is 1.89. The Morgan fingerprint density at radius 2 is 2.08 bits per heavy atom. The van der Waals surface area contributed by atoms with Crippen LogP contribution in [0, 0.1) is 0 Å². The first-order valence-corrected chi connectivity index (χ1v) is 8.02. The number of fused-ring (bicyclic) bond motifs is 1. The third kappa shape index (κ3) is 3.52. The lowest BCUT2D eigenvalue weighted by Gasteiger charge is -2.04. The Hall–Kier alpha value is -2.93. The number of hydrogen-bond acceptors (Lipinski definition) is 5. The van der Waals surface area contributed by atoms with Crippen LogP contribution in [0.15, 0.2) is 40.5 Å². The maximum Gasteiger partial charge on any atom is 0.341 e. The van der Waals surface area contributed by atoms with E-state index >= 15 is 0 Å². The molecule has 0 amide bonds. The molecule has 2 aromatic heterocycles. The topological polar surface area (TPSA) is 92.3 Å². The number of H-pyrrole nitrogens is 1. The van der Waals surface area contributed by atoms with Gasteiger partial charge in [-0.3, -0.25) is 4.79 Å². The van der Waals surface area contributed by atoms with Crippen LogP contribution in [0.25, 0.3) is 21.9 Å². The molecule has 2 N–H and O–H groups in total. The van der Waals surface area contributed by atoms with Crippen molar-refractivity contribution in [1.29, 1.82) is 0 Å². The number of carboxylic acid groups (broad SMARTS) is 1. The number of aliphatic carboxylic acids is 1.